The van der Waals surface area contributed by atoms with Crippen LogP contribution in [-0.4, -0.2) is 38.4 Å². The predicted octanol–water partition coefficient (Wildman–Crippen LogP) is 2.65. The predicted molar refractivity (Wildman–Crippen MR) is 87.4 cm³/mol. The summed E-state index contributed by atoms with van der Waals surface area (Å²) in [5.41, 5.74) is -1.94. The van der Waals surface area contributed by atoms with Gasteiger partial charge in [-0.2, -0.15) is 18.3 Å². The Morgan fingerprint density at radius 1 is 1.26 bits per heavy atom. The van der Waals surface area contributed by atoms with Gasteiger partial charge in [0.2, 0.25) is 0 Å². The van der Waals surface area contributed by atoms with Gasteiger partial charge in [-0.15, -0.1) is 0 Å². The van der Waals surface area contributed by atoms with Crippen LogP contribution in [0.25, 0.3) is 5.65 Å². The molecule has 0 radical (unpaired) electrons. The van der Waals surface area contributed by atoms with Crippen molar-refractivity contribution < 1.29 is 22.5 Å². The summed E-state index contributed by atoms with van der Waals surface area (Å²) >= 11 is 0. The number of piperidine rings is 1. The van der Waals surface area contributed by atoms with Crippen molar-refractivity contribution in [1.29, 1.82) is 0 Å². The van der Waals surface area contributed by atoms with Crippen LogP contribution in [-0.2, 0) is 6.18 Å². The van der Waals surface area contributed by atoms with Crippen molar-refractivity contribution in [2.24, 2.45) is 0 Å². The van der Waals surface area contributed by atoms with Crippen molar-refractivity contribution in [3.05, 3.63) is 58.0 Å². The first-order chi connectivity index (χ1) is 12.8. The topological polar surface area (TPSA) is 83.6 Å². The molecule has 1 amide bonds. The van der Waals surface area contributed by atoms with E-state index in [9.17, 15) is 22.8 Å². The number of nitrogens with zero attached hydrogens (tertiary/aromatic N) is 3. The SMILES string of the molecule is O=C(c1c(C(F)(F)F)nc2ccccn12)N1CCC(c2cc(=O)[nH]o2)CC1. The number of amides is 1. The zero-order valence-corrected chi connectivity index (χ0v) is 14.0. The van der Waals surface area contributed by atoms with Crippen LogP contribution in [0.3, 0.4) is 0 Å². The molecule has 7 nitrogen and oxygen atoms in total. The molecule has 0 atom stereocenters. The molecule has 0 aliphatic carbocycles. The Kier molecular flexibility index (Phi) is 4.05. The van der Waals surface area contributed by atoms with Crippen molar-refractivity contribution in [3.63, 3.8) is 0 Å². The minimum atomic E-state index is -4.73. The fourth-order valence-corrected chi connectivity index (χ4v) is 3.41. The van der Waals surface area contributed by atoms with Crippen LogP contribution >= 0.6 is 0 Å². The number of hydrogen-bond acceptors (Lipinski definition) is 4. The molecule has 3 aromatic heterocycles. The molecule has 4 rings (SSSR count). The molecule has 4 heterocycles. The molecule has 1 aliphatic heterocycles. The van der Waals surface area contributed by atoms with Crippen molar-refractivity contribution in [2.75, 3.05) is 13.1 Å². The number of aromatic amines is 1. The van der Waals surface area contributed by atoms with E-state index in [4.69, 9.17) is 4.52 Å². The average molecular weight is 380 g/mol. The highest BCUT2D eigenvalue weighted by atomic mass is 19.4. The van der Waals surface area contributed by atoms with Gasteiger partial charge in [-0.25, -0.2) is 4.98 Å². The smallest absolute Gasteiger partial charge is 0.383 e. The Balaban J connectivity index is 1.61. The second-order valence-corrected chi connectivity index (χ2v) is 6.42. The Morgan fingerprint density at radius 3 is 2.63 bits per heavy atom. The summed E-state index contributed by atoms with van der Waals surface area (Å²) in [5, 5.41) is 2.22. The molecule has 10 heteroatoms. The van der Waals surface area contributed by atoms with Crippen LogP contribution in [0.1, 0.15) is 40.7 Å². The fraction of sp³-hybridized carbons (Fsp3) is 0.353. The zero-order valence-electron chi connectivity index (χ0n) is 14.0. The molecule has 1 aliphatic rings. The molecule has 0 spiro atoms. The van der Waals surface area contributed by atoms with Gasteiger partial charge in [0, 0.05) is 31.3 Å². The lowest BCUT2D eigenvalue weighted by Crippen LogP contribution is -2.39. The molecular weight excluding hydrogens is 365 g/mol. The molecule has 1 N–H and O–H groups in total. The van der Waals surface area contributed by atoms with Crippen LogP contribution in [0, 0.1) is 0 Å². The Morgan fingerprint density at radius 2 is 2.00 bits per heavy atom. The summed E-state index contributed by atoms with van der Waals surface area (Å²) < 4.78 is 46.5. The lowest BCUT2D eigenvalue weighted by Gasteiger charge is -2.31. The number of imidazole rings is 1. The Hall–Kier alpha value is -3.04. The summed E-state index contributed by atoms with van der Waals surface area (Å²) in [6, 6.07) is 5.89. The van der Waals surface area contributed by atoms with Crippen LogP contribution in [0.5, 0.6) is 0 Å². The van der Waals surface area contributed by atoms with Crippen LogP contribution in [0.4, 0.5) is 13.2 Å². The van der Waals surface area contributed by atoms with Crippen LogP contribution in [0.2, 0.25) is 0 Å². The van der Waals surface area contributed by atoms with E-state index in [0.29, 0.717) is 18.6 Å². The molecule has 0 aromatic carbocycles. The van der Waals surface area contributed by atoms with Gasteiger partial charge in [0.05, 0.1) is 0 Å². The van der Waals surface area contributed by atoms with Crippen LogP contribution in [0.15, 0.2) is 39.8 Å². The molecule has 3 aromatic rings. The molecule has 27 heavy (non-hydrogen) atoms. The quantitative estimate of drug-likeness (QED) is 0.741. The number of halogens is 3. The number of hydrogen-bond donors (Lipinski definition) is 1. The number of likely N-dealkylation sites (tertiary alicyclic amines) is 1. The van der Waals surface area contributed by atoms with Gasteiger partial charge in [-0.3, -0.25) is 14.0 Å². The van der Waals surface area contributed by atoms with Crippen LogP contribution < -0.4 is 5.56 Å². The second-order valence-electron chi connectivity index (χ2n) is 6.42. The summed E-state index contributed by atoms with van der Waals surface area (Å²) in [6.45, 7) is 0.519. The third kappa shape index (κ3) is 3.11. The summed E-state index contributed by atoms with van der Waals surface area (Å²) in [7, 11) is 0. The Labute approximate surface area is 150 Å². The largest absolute Gasteiger partial charge is 0.435 e. The molecule has 1 saturated heterocycles. The van der Waals surface area contributed by atoms with Gasteiger partial charge in [-0.05, 0) is 25.0 Å². The first kappa shape index (κ1) is 17.4. The molecule has 0 bridgehead atoms. The monoisotopic (exact) mass is 380 g/mol. The molecule has 0 saturated carbocycles. The first-order valence-electron chi connectivity index (χ1n) is 8.36. The van der Waals surface area contributed by atoms with E-state index in [1.807, 2.05) is 0 Å². The third-order valence-corrected chi connectivity index (χ3v) is 4.73. The highest BCUT2D eigenvalue weighted by Crippen LogP contribution is 2.34. The number of pyridine rings is 1. The highest BCUT2D eigenvalue weighted by Gasteiger charge is 2.41. The maximum atomic E-state index is 13.4. The number of alkyl halides is 3. The summed E-state index contributed by atoms with van der Waals surface area (Å²) in [5.74, 6) is -0.273. The molecular formula is C17H15F3N4O3. The van der Waals surface area contributed by atoms with Crippen molar-refractivity contribution >= 4 is 11.6 Å². The minimum Gasteiger partial charge on any atom is -0.383 e. The van der Waals surface area contributed by atoms with Gasteiger partial charge >= 0.3 is 6.18 Å². The average Bonchev–Trinajstić information content (AvgIpc) is 3.25. The third-order valence-electron chi connectivity index (χ3n) is 4.73. The number of carbonyl (C=O) groups excluding carboxylic acids is 1. The zero-order chi connectivity index (χ0) is 19.2. The van der Waals surface area contributed by atoms with E-state index in [2.05, 4.69) is 10.1 Å². The van der Waals surface area contributed by atoms with Gasteiger partial charge in [0.1, 0.15) is 17.1 Å². The first-order valence-corrected chi connectivity index (χ1v) is 8.36. The number of nitrogens with one attached hydrogen (secondary N) is 1. The Bertz CT molecular complexity index is 1040. The van der Waals surface area contributed by atoms with E-state index < -0.39 is 23.5 Å². The summed E-state index contributed by atoms with van der Waals surface area (Å²) in [4.78, 5) is 29.0. The second kappa shape index (κ2) is 6.29. The van der Waals surface area contributed by atoms with Crippen molar-refractivity contribution in [2.45, 2.75) is 24.9 Å². The highest BCUT2D eigenvalue weighted by molar-refractivity contribution is 5.95. The van der Waals surface area contributed by atoms with Gasteiger partial charge in [0.25, 0.3) is 11.5 Å². The van der Waals surface area contributed by atoms with Gasteiger partial charge in [0.15, 0.2) is 5.69 Å². The maximum absolute atomic E-state index is 13.4. The number of rotatable bonds is 2. The molecule has 0 unspecified atom stereocenters. The van der Waals surface area contributed by atoms with Crippen molar-refractivity contribution in [3.8, 4) is 0 Å². The summed E-state index contributed by atoms with van der Waals surface area (Å²) in [6.07, 6.45) is -2.36. The number of H-pyrrole nitrogens is 1. The lowest BCUT2D eigenvalue weighted by atomic mass is 9.94. The molecule has 142 valence electrons. The maximum Gasteiger partial charge on any atom is 0.435 e. The minimum absolute atomic E-state index is 0.0581. The lowest BCUT2D eigenvalue weighted by molar-refractivity contribution is -0.141. The van der Waals surface area contributed by atoms with E-state index in [0.717, 1.165) is 0 Å². The van der Waals surface area contributed by atoms with E-state index >= 15 is 0 Å². The number of aromatic nitrogens is 3. The number of fused-ring (bicyclic) bond motifs is 1. The van der Waals surface area contributed by atoms with Gasteiger partial charge < -0.3 is 9.42 Å². The van der Waals surface area contributed by atoms with Crippen molar-refractivity contribution in [1.82, 2.24) is 19.4 Å². The fourth-order valence-electron chi connectivity index (χ4n) is 3.41. The van der Waals surface area contributed by atoms with Gasteiger partial charge in [-0.1, -0.05) is 6.07 Å². The number of carbonyl (C=O) groups is 1. The van der Waals surface area contributed by atoms with E-state index in [1.165, 1.54) is 27.6 Å². The normalized spacial score (nSPS) is 16.2. The standard InChI is InChI=1S/C17H15F3N4O3/c18-17(19,20)15-14(24-6-2-1-3-12(24)21-15)16(26)23-7-4-10(5-8-23)11-9-13(25)22-27-11/h1-3,6,9-10H,4-5,7-8H2,(H,22,25). The van der Waals surface area contributed by atoms with E-state index in [1.54, 1.807) is 12.1 Å². The molecule has 1 fully saturated rings. The van der Waals surface area contributed by atoms with E-state index in [-0.39, 0.29) is 30.2 Å².